The fraction of sp³-hybridized carbons (Fsp3) is 0.571. The molecule has 2 N–H and O–H groups in total. The molecule has 1 rings (SSSR count). The van der Waals surface area contributed by atoms with Gasteiger partial charge in [-0.05, 0) is 6.92 Å². The second-order valence-corrected chi connectivity index (χ2v) is 2.63. The summed E-state index contributed by atoms with van der Waals surface area (Å²) in [7, 11) is 1.27. The number of carbonyl (C=O) groups is 2. The first-order chi connectivity index (χ1) is 6.62. The van der Waals surface area contributed by atoms with Crippen LogP contribution in [0.15, 0.2) is 0 Å². The van der Waals surface area contributed by atoms with E-state index in [1.165, 1.54) is 7.11 Å². The predicted octanol–water partition coefficient (Wildman–Crippen LogP) is -1.07. The smallest absolute Gasteiger partial charge is 0.301 e. The maximum absolute atomic E-state index is 11.4. The Morgan fingerprint density at radius 2 is 2.36 bits per heavy atom. The third-order valence-corrected chi connectivity index (χ3v) is 1.93. The fourth-order valence-corrected chi connectivity index (χ4v) is 1.29. The van der Waals surface area contributed by atoms with Gasteiger partial charge in [-0.15, -0.1) is 0 Å². The predicted molar refractivity (Wildman–Crippen MR) is 44.4 cm³/mol. The molecule has 1 fully saturated rings. The summed E-state index contributed by atoms with van der Waals surface area (Å²) in [5.74, 6) is -0.728. The molecule has 1 aliphatic heterocycles. The van der Waals surface area contributed by atoms with Gasteiger partial charge >= 0.3 is 6.03 Å². The van der Waals surface area contributed by atoms with Crippen LogP contribution < -0.4 is 10.8 Å². The van der Waals surface area contributed by atoms with Gasteiger partial charge in [0, 0.05) is 6.54 Å². The van der Waals surface area contributed by atoms with E-state index >= 15 is 0 Å². The van der Waals surface area contributed by atoms with Crippen LogP contribution in [0.4, 0.5) is 4.79 Å². The molecular weight excluding hydrogens is 188 g/mol. The van der Waals surface area contributed by atoms with Gasteiger partial charge in [-0.3, -0.25) is 15.0 Å². The second-order valence-electron chi connectivity index (χ2n) is 2.63. The highest BCUT2D eigenvalue weighted by atomic mass is 16.6. The molecule has 0 bridgehead atoms. The molecule has 7 heteroatoms. The maximum Gasteiger partial charge on any atom is 0.326 e. The number of likely N-dealkylation sites (N-methyl/N-ethyl adjacent to an activating group) is 1. The van der Waals surface area contributed by atoms with Crippen LogP contribution in [-0.4, -0.2) is 36.2 Å². The summed E-state index contributed by atoms with van der Waals surface area (Å²) in [6.07, 6.45) is 0. The van der Waals surface area contributed by atoms with Crippen molar-refractivity contribution in [2.24, 2.45) is 0 Å². The minimum absolute atomic E-state index is 0.224. The van der Waals surface area contributed by atoms with E-state index in [4.69, 9.17) is 5.26 Å². The Morgan fingerprint density at radius 1 is 1.71 bits per heavy atom. The number of hydrogen-bond acceptors (Lipinski definition) is 5. The molecule has 0 saturated carbocycles. The van der Waals surface area contributed by atoms with Crippen molar-refractivity contribution in [3.05, 3.63) is 0 Å². The largest absolute Gasteiger partial charge is 0.326 e. The van der Waals surface area contributed by atoms with Gasteiger partial charge in [0.05, 0.1) is 7.11 Å². The zero-order chi connectivity index (χ0) is 10.8. The molecule has 0 aromatic rings. The summed E-state index contributed by atoms with van der Waals surface area (Å²) < 4.78 is 0. The summed E-state index contributed by atoms with van der Waals surface area (Å²) in [5.41, 5.74) is 0.471. The van der Waals surface area contributed by atoms with Crippen LogP contribution >= 0.6 is 0 Å². The van der Waals surface area contributed by atoms with Crippen LogP contribution in [0.2, 0.25) is 0 Å². The van der Waals surface area contributed by atoms with E-state index in [1.807, 2.05) is 5.32 Å². The highest BCUT2D eigenvalue weighted by Crippen LogP contribution is 2.17. The number of urea groups is 1. The van der Waals surface area contributed by atoms with E-state index in [0.717, 1.165) is 4.90 Å². The molecule has 1 aliphatic rings. The lowest BCUT2D eigenvalue weighted by Gasteiger charge is -2.27. The molecule has 1 heterocycles. The molecule has 0 aromatic heterocycles. The minimum Gasteiger partial charge on any atom is -0.301 e. The van der Waals surface area contributed by atoms with E-state index in [0.29, 0.717) is 0 Å². The van der Waals surface area contributed by atoms with Gasteiger partial charge in [0.2, 0.25) is 0 Å². The van der Waals surface area contributed by atoms with E-state index in [2.05, 4.69) is 10.3 Å². The topological polar surface area (TPSA) is 94.5 Å². The molecule has 3 amide bonds. The Hall–Kier alpha value is -1.65. The van der Waals surface area contributed by atoms with Gasteiger partial charge < -0.3 is 4.84 Å². The molecule has 14 heavy (non-hydrogen) atoms. The lowest BCUT2D eigenvalue weighted by molar-refractivity contribution is -0.132. The summed E-state index contributed by atoms with van der Waals surface area (Å²) in [5, 5.41) is 10.9. The summed E-state index contributed by atoms with van der Waals surface area (Å²) in [6, 6.07) is 1.11. The van der Waals surface area contributed by atoms with Crippen molar-refractivity contribution in [2.75, 3.05) is 13.7 Å². The molecule has 0 aromatic carbocycles. The third kappa shape index (κ3) is 1.21. The van der Waals surface area contributed by atoms with Crippen LogP contribution in [0.5, 0.6) is 0 Å². The molecule has 0 aliphatic carbocycles. The van der Waals surface area contributed by atoms with Gasteiger partial charge in [0.15, 0.2) is 0 Å². The zero-order valence-corrected chi connectivity index (χ0v) is 7.83. The van der Waals surface area contributed by atoms with Crippen LogP contribution in [0.3, 0.4) is 0 Å². The Kier molecular flexibility index (Phi) is 2.69. The number of imide groups is 1. The SMILES string of the molecule is CCN1C(=O)NC(=O)[C@@]1(C#N)NOC. The summed E-state index contributed by atoms with van der Waals surface area (Å²) in [6.45, 7) is 1.88. The highest BCUT2D eigenvalue weighted by Gasteiger charge is 2.53. The lowest BCUT2D eigenvalue weighted by atomic mass is 10.2. The first kappa shape index (κ1) is 10.4. The summed E-state index contributed by atoms with van der Waals surface area (Å²) >= 11 is 0. The van der Waals surface area contributed by atoms with Crippen LogP contribution in [0, 0.1) is 11.3 Å². The average molecular weight is 198 g/mol. The Bertz CT molecular complexity index is 311. The first-order valence-electron chi connectivity index (χ1n) is 3.96. The molecule has 1 atom stereocenters. The van der Waals surface area contributed by atoms with Crippen LogP contribution in [0.25, 0.3) is 0 Å². The maximum atomic E-state index is 11.4. The average Bonchev–Trinajstić information content (AvgIpc) is 2.39. The number of nitrogens with one attached hydrogen (secondary N) is 2. The number of carbonyl (C=O) groups excluding carboxylic acids is 2. The second kappa shape index (κ2) is 3.61. The van der Waals surface area contributed by atoms with Crippen molar-refractivity contribution in [1.29, 1.82) is 5.26 Å². The molecule has 0 spiro atoms. The Balaban J connectivity index is 3.08. The van der Waals surface area contributed by atoms with Gasteiger partial charge in [0.25, 0.3) is 11.6 Å². The Morgan fingerprint density at radius 3 is 2.79 bits per heavy atom. The van der Waals surface area contributed by atoms with Gasteiger partial charge in [0.1, 0.15) is 6.07 Å². The minimum atomic E-state index is -1.75. The number of hydrogen-bond donors (Lipinski definition) is 2. The molecule has 76 valence electrons. The van der Waals surface area contributed by atoms with Crippen LogP contribution in [-0.2, 0) is 9.63 Å². The number of nitrogens with zero attached hydrogens (tertiary/aromatic N) is 2. The zero-order valence-electron chi connectivity index (χ0n) is 7.83. The van der Waals surface area contributed by atoms with Crippen molar-refractivity contribution in [3.63, 3.8) is 0 Å². The van der Waals surface area contributed by atoms with Crippen LogP contribution in [0.1, 0.15) is 6.92 Å². The molecule has 1 saturated heterocycles. The van der Waals surface area contributed by atoms with Gasteiger partial charge in [-0.1, -0.05) is 0 Å². The number of rotatable bonds is 3. The third-order valence-electron chi connectivity index (χ3n) is 1.93. The molecule has 7 nitrogen and oxygen atoms in total. The first-order valence-corrected chi connectivity index (χ1v) is 3.96. The fourth-order valence-electron chi connectivity index (χ4n) is 1.29. The number of nitriles is 1. The van der Waals surface area contributed by atoms with Crippen molar-refractivity contribution in [2.45, 2.75) is 12.6 Å². The number of hydroxylamine groups is 1. The highest BCUT2D eigenvalue weighted by molar-refractivity contribution is 6.08. The van der Waals surface area contributed by atoms with E-state index in [1.54, 1.807) is 13.0 Å². The lowest BCUT2D eigenvalue weighted by Crippen LogP contribution is -2.58. The molecule has 0 radical (unpaired) electrons. The molecular formula is C7H10N4O3. The molecule has 0 unspecified atom stereocenters. The van der Waals surface area contributed by atoms with Gasteiger partial charge in [-0.2, -0.15) is 10.7 Å². The van der Waals surface area contributed by atoms with E-state index in [-0.39, 0.29) is 6.54 Å². The van der Waals surface area contributed by atoms with Crippen molar-refractivity contribution >= 4 is 11.9 Å². The quantitative estimate of drug-likeness (QED) is 0.444. The van der Waals surface area contributed by atoms with Crippen molar-refractivity contribution < 1.29 is 14.4 Å². The summed E-state index contributed by atoms with van der Waals surface area (Å²) in [4.78, 5) is 28.2. The van der Waals surface area contributed by atoms with Crippen molar-refractivity contribution in [1.82, 2.24) is 15.7 Å². The van der Waals surface area contributed by atoms with Crippen molar-refractivity contribution in [3.8, 4) is 6.07 Å². The number of amides is 3. The van der Waals surface area contributed by atoms with E-state index in [9.17, 15) is 9.59 Å². The van der Waals surface area contributed by atoms with E-state index < -0.39 is 17.6 Å². The normalized spacial score (nSPS) is 26.2. The monoisotopic (exact) mass is 198 g/mol. The standard InChI is InChI=1S/C7H10N4O3/c1-3-11-6(13)9-5(12)7(11,4-8)10-14-2/h10H,3H2,1-2H3,(H,9,12,13)/t7-/m0/s1. The van der Waals surface area contributed by atoms with Gasteiger partial charge in [-0.25, -0.2) is 4.79 Å². The Labute approximate surface area is 80.6 Å².